The summed E-state index contributed by atoms with van der Waals surface area (Å²) in [5.41, 5.74) is 0.278. The zero-order valence-corrected chi connectivity index (χ0v) is 4.72. The Morgan fingerprint density at radius 2 is 2.33 bits per heavy atom. The van der Waals surface area contributed by atoms with Gasteiger partial charge in [-0.1, -0.05) is 18.2 Å². The monoisotopic (exact) mass is 124 g/mol. The van der Waals surface area contributed by atoms with E-state index >= 15 is 0 Å². The first-order valence-corrected chi connectivity index (χ1v) is 2.74. The van der Waals surface area contributed by atoms with E-state index in [0.717, 1.165) is 0 Å². The van der Waals surface area contributed by atoms with Crippen molar-refractivity contribution in [3.05, 3.63) is 29.8 Å². The Bertz CT molecular complexity index is 348. The topological polar surface area (TPSA) is 9.23 Å². The summed E-state index contributed by atoms with van der Waals surface area (Å²) in [5.74, 6) is 0.289. The van der Waals surface area contributed by atoms with Crippen molar-refractivity contribution >= 4 is 0 Å². The Morgan fingerprint density at radius 3 is 3.22 bits per heavy atom. The van der Waals surface area contributed by atoms with E-state index < -0.39 is 12.9 Å². The van der Waals surface area contributed by atoms with Gasteiger partial charge in [0, 0.05) is 9.11 Å². The van der Waals surface area contributed by atoms with Gasteiger partial charge in [-0.15, -0.1) is 0 Å². The van der Waals surface area contributed by atoms with E-state index in [4.69, 9.17) is 10.2 Å². The number of ether oxygens (including phenoxy) is 1. The highest BCUT2D eigenvalue weighted by Gasteiger charge is 2.08. The summed E-state index contributed by atoms with van der Waals surface area (Å²) < 4.78 is 34.6. The lowest BCUT2D eigenvalue weighted by molar-refractivity contribution is 0.357. The molecule has 1 aliphatic heterocycles. The molecule has 1 aromatic carbocycles. The summed E-state index contributed by atoms with van der Waals surface area (Å²) in [7, 11) is 0. The molecule has 0 fully saturated rings. The second-order valence-corrected chi connectivity index (χ2v) is 1.83. The average molecular weight is 124 g/mol. The van der Waals surface area contributed by atoms with Crippen LogP contribution in [0.5, 0.6) is 5.75 Å². The van der Waals surface area contributed by atoms with Crippen LogP contribution in [0.3, 0.4) is 0 Å². The van der Waals surface area contributed by atoms with E-state index in [1.54, 1.807) is 24.3 Å². The predicted octanol–water partition coefficient (Wildman–Crippen LogP) is 1.62. The molecule has 0 aromatic heterocycles. The van der Waals surface area contributed by atoms with Gasteiger partial charge in [-0.05, 0) is 11.6 Å². The molecule has 0 unspecified atom stereocenters. The molecule has 9 heavy (non-hydrogen) atoms. The third-order valence-corrected chi connectivity index (χ3v) is 1.23. The Kier molecular flexibility index (Phi) is 0.456. The van der Waals surface area contributed by atoms with Gasteiger partial charge in [0.25, 0.3) is 0 Å². The zero-order valence-electron chi connectivity index (χ0n) is 8.72. The van der Waals surface area contributed by atoms with E-state index in [2.05, 4.69) is 0 Å². The lowest BCUT2D eigenvalue weighted by Crippen LogP contribution is -1.85. The van der Waals surface area contributed by atoms with E-state index in [-0.39, 0.29) is 11.3 Å². The van der Waals surface area contributed by atoms with Gasteiger partial charge in [0.15, 0.2) is 0 Å². The second-order valence-electron chi connectivity index (χ2n) is 1.83. The molecule has 1 heteroatoms. The molecule has 1 aromatic rings. The SMILES string of the molecule is [2H]C1([2H])Oc2ccccc2C1([2H])[2H]. The fourth-order valence-corrected chi connectivity index (χ4v) is 0.794. The van der Waals surface area contributed by atoms with Gasteiger partial charge in [0.05, 0.1) is 9.30 Å². The molecule has 2 rings (SSSR count). The van der Waals surface area contributed by atoms with Crippen molar-refractivity contribution in [3.63, 3.8) is 0 Å². The minimum atomic E-state index is -2.27. The number of aryl methyl sites for hydroxylation is 1. The van der Waals surface area contributed by atoms with Crippen LogP contribution in [0.1, 0.15) is 11.0 Å². The predicted molar refractivity (Wildman–Crippen MR) is 35.6 cm³/mol. The van der Waals surface area contributed by atoms with Crippen molar-refractivity contribution in [3.8, 4) is 5.75 Å². The fraction of sp³-hybridized carbons (Fsp3) is 0.250. The molecule has 0 saturated heterocycles. The van der Waals surface area contributed by atoms with E-state index in [1.165, 1.54) is 0 Å². The van der Waals surface area contributed by atoms with Crippen LogP contribution in [0.15, 0.2) is 24.3 Å². The van der Waals surface area contributed by atoms with Crippen LogP contribution in [-0.4, -0.2) is 6.56 Å². The van der Waals surface area contributed by atoms with Crippen LogP contribution in [0.4, 0.5) is 0 Å². The van der Waals surface area contributed by atoms with Crippen molar-refractivity contribution in [2.24, 2.45) is 0 Å². The molecule has 0 saturated carbocycles. The molecule has 1 nitrogen and oxygen atoms in total. The maximum Gasteiger partial charge on any atom is 0.122 e. The summed E-state index contributed by atoms with van der Waals surface area (Å²) in [4.78, 5) is 0. The van der Waals surface area contributed by atoms with Gasteiger partial charge in [-0.2, -0.15) is 0 Å². The van der Waals surface area contributed by atoms with Gasteiger partial charge in [0.2, 0.25) is 0 Å². The second kappa shape index (κ2) is 1.76. The summed E-state index contributed by atoms with van der Waals surface area (Å²) in [6.45, 7) is -2.27. The number of rotatable bonds is 0. The molecule has 0 radical (unpaired) electrons. The number of fused-ring (bicyclic) bond motifs is 1. The van der Waals surface area contributed by atoms with Gasteiger partial charge >= 0.3 is 0 Å². The van der Waals surface area contributed by atoms with Crippen LogP contribution >= 0.6 is 0 Å². The van der Waals surface area contributed by atoms with Crippen molar-refractivity contribution in [2.45, 2.75) is 6.37 Å². The third kappa shape index (κ3) is 0.689. The van der Waals surface area contributed by atoms with E-state index in [0.29, 0.717) is 0 Å². The third-order valence-electron chi connectivity index (χ3n) is 1.23. The van der Waals surface area contributed by atoms with E-state index in [9.17, 15) is 0 Å². The molecule has 0 spiro atoms. The lowest BCUT2D eigenvalue weighted by atomic mass is 10.2. The molecule has 0 amide bonds. The highest BCUT2D eigenvalue weighted by molar-refractivity contribution is 5.35. The molecular formula is C8H8O. The zero-order chi connectivity index (χ0) is 9.69. The van der Waals surface area contributed by atoms with Crippen LogP contribution in [-0.2, 0) is 6.37 Å². The molecular weight excluding hydrogens is 112 g/mol. The van der Waals surface area contributed by atoms with Crippen molar-refractivity contribution in [2.75, 3.05) is 6.56 Å². The largest absolute Gasteiger partial charge is 0.493 e. The first-order chi connectivity index (χ1) is 5.95. The molecule has 0 N–H and O–H groups in total. The normalized spacial score (nSPS) is 32.4. The first kappa shape index (κ1) is 2.33. The maximum absolute atomic E-state index is 7.54. The summed E-state index contributed by atoms with van der Waals surface area (Å²) in [6.07, 6.45) is -2.07. The Hall–Kier alpha value is -0.980. The van der Waals surface area contributed by atoms with Crippen molar-refractivity contribution in [1.82, 2.24) is 0 Å². The van der Waals surface area contributed by atoms with Crippen LogP contribution < -0.4 is 4.74 Å². The number of hydrogen-bond donors (Lipinski definition) is 0. The van der Waals surface area contributed by atoms with Crippen molar-refractivity contribution < 1.29 is 10.2 Å². The molecule has 1 aliphatic rings. The van der Waals surface area contributed by atoms with Gasteiger partial charge in [0.1, 0.15) is 5.75 Å². The van der Waals surface area contributed by atoms with Crippen LogP contribution in [0.2, 0.25) is 0 Å². The Morgan fingerprint density at radius 1 is 1.44 bits per heavy atom. The quantitative estimate of drug-likeness (QED) is 0.510. The standard InChI is InChI=1S/C8H8O/c1-2-4-8-7(3-1)5-6-9-8/h1-4H,5-6H2/i5D2,6D2. The Balaban J connectivity index is 2.60. The summed E-state index contributed by atoms with van der Waals surface area (Å²) in [6, 6.07) is 6.47. The van der Waals surface area contributed by atoms with Crippen LogP contribution in [0, 0.1) is 0 Å². The lowest BCUT2D eigenvalue weighted by Gasteiger charge is -1.93. The Labute approximate surface area is 59.9 Å². The molecule has 46 valence electrons. The minimum absolute atomic E-state index is 0.278. The highest BCUT2D eigenvalue weighted by atomic mass is 16.5. The maximum atomic E-state index is 7.54. The first-order valence-electron chi connectivity index (χ1n) is 4.74. The molecule has 0 atom stereocenters. The number of hydrogen-bond acceptors (Lipinski definition) is 1. The van der Waals surface area contributed by atoms with E-state index in [1.807, 2.05) is 0 Å². The minimum Gasteiger partial charge on any atom is -0.493 e. The molecule has 1 heterocycles. The fourth-order valence-electron chi connectivity index (χ4n) is 0.794. The van der Waals surface area contributed by atoms with Gasteiger partial charge in [-0.3, -0.25) is 0 Å². The smallest absolute Gasteiger partial charge is 0.122 e. The number of para-hydroxylation sites is 1. The summed E-state index contributed by atoms with van der Waals surface area (Å²) >= 11 is 0. The summed E-state index contributed by atoms with van der Waals surface area (Å²) in [5, 5.41) is 0. The molecule has 0 bridgehead atoms. The van der Waals surface area contributed by atoms with Crippen molar-refractivity contribution in [1.29, 1.82) is 0 Å². The van der Waals surface area contributed by atoms with Gasteiger partial charge < -0.3 is 4.74 Å². The van der Waals surface area contributed by atoms with Crippen LogP contribution in [0.25, 0.3) is 0 Å². The number of benzene rings is 1. The average Bonchev–Trinajstić information content (AvgIpc) is 2.20. The highest BCUT2D eigenvalue weighted by Crippen LogP contribution is 2.23. The van der Waals surface area contributed by atoms with Gasteiger partial charge in [-0.25, -0.2) is 0 Å². The molecule has 0 aliphatic carbocycles.